The van der Waals surface area contributed by atoms with Crippen LogP contribution in [0.2, 0.25) is 0 Å². The van der Waals surface area contributed by atoms with Gasteiger partial charge in [-0.15, -0.1) is 5.10 Å². The van der Waals surface area contributed by atoms with Crippen molar-refractivity contribution in [3.05, 3.63) is 34.7 Å². The molecule has 0 saturated heterocycles. The van der Waals surface area contributed by atoms with Crippen molar-refractivity contribution in [1.82, 2.24) is 5.43 Å². The van der Waals surface area contributed by atoms with Crippen LogP contribution in [0.25, 0.3) is 5.70 Å². The van der Waals surface area contributed by atoms with Crippen molar-refractivity contribution in [2.75, 3.05) is 6.61 Å². The minimum atomic E-state index is 0.216. The number of benzene rings is 1. The lowest BCUT2D eigenvalue weighted by atomic mass is 9.70. The summed E-state index contributed by atoms with van der Waals surface area (Å²) in [5, 5.41) is 5.41. The molecule has 27 heavy (non-hydrogen) atoms. The third kappa shape index (κ3) is 3.00. The Hall–Kier alpha value is -1.75. The van der Waals surface area contributed by atoms with Crippen LogP contribution in [0.3, 0.4) is 0 Å². The summed E-state index contributed by atoms with van der Waals surface area (Å²) < 4.78 is 5.53. The molecule has 2 aliphatic carbocycles. The van der Waals surface area contributed by atoms with Crippen molar-refractivity contribution in [1.29, 1.82) is 0 Å². The highest BCUT2D eigenvalue weighted by Gasteiger charge is 2.59. The van der Waals surface area contributed by atoms with Gasteiger partial charge in [0.05, 0.1) is 12.3 Å². The predicted molar refractivity (Wildman–Crippen MR) is 115 cm³/mol. The van der Waals surface area contributed by atoms with Gasteiger partial charge >= 0.3 is 0 Å². The van der Waals surface area contributed by atoms with Crippen molar-refractivity contribution in [2.45, 2.75) is 53.9 Å². The van der Waals surface area contributed by atoms with E-state index in [4.69, 9.17) is 9.73 Å². The number of nitrogens with zero attached hydrogens (tertiary/aromatic N) is 2. The smallest absolute Gasteiger partial charge is 0.211 e. The fourth-order valence-corrected chi connectivity index (χ4v) is 5.59. The Labute approximate surface area is 166 Å². The van der Waals surface area contributed by atoms with E-state index in [0.29, 0.717) is 12.0 Å². The molecule has 2 atom stereocenters. The molecule has 4 rings (SSSR count). The zero-order valence-electron chi connectivity index (χ0n) is 16.9. The van der Waals surface area contributed by atoms with Gasteiger partial charge < -0.3 is 4.74 Å². The van der Waals surface area contributed by atoms with Crippen molar-refractivity contribution in [2.24, 2.45) is 26.8 Å². The standard InChI is InChI=1S/C22H29N3OS/c1-6-26-17-9-7-15(8-10-17)19-14(2)27-20(25-24-19)23-18-13-16-11-12-22(18,5)21(16,3)4/h7-10,16,24H,6,11-13H2,1-5H3. The first-order chi connectivity index (χ1) is 12.8. The number of hydrazone groups is 1. The lowest BCUT2D eigenvalue weighted by Crippen LogP contribution is -2.33. The number of rotatable bonds is 3. The number of amidine groups is 1. The molecule has 2 fully saturated rings. The molecule has 0 radical (unpaired) electrons. The van der Waals surface area contributed by atoms with E-state index in [1.807, 2.05) is 19.1 Å². The van der Waals surface area contributed by atoms with Crippen LogP contribution < -0.4 is 10.2 Å². The SMILES string of the molecule is CCOc1ccc(C2=C(C)SC(N=C3CC4CCC3(C)C4(C)C)=NN2)cc1. The van der Waals surface area contributed by atoms with Crippen LogP contribution in [0.1, 0.15) is 59.4 Å². The zero-order valence-corrected chi connectivity index (χ0v) is 17.7. The maximum Gasteiger partial charge on any atom is 0.211 e. The van der Waals surface area contributed by atoms with Gasteiger partial charge in [-0.3, -0.25) is 5.43 Å². The maximum atomic E-state index is 5.53. The van der Waals surface area contributed by atoms with Crippen LogP contribution >= 0.6 is 11.8 Å². The fourth-order valence-electron chi connectivity index (χ4n) is 4.81. The fraction of sp³-hybridized carbons (Fsp3) is 0.545. The van der Waals surface area contributed by atoms with Gasteiger partial charge in [0.15, 0.2) is 0 Å². The molecule has 2 unspecified atom stereocenters. The van der Waals surface area contributed by atoms with Gasteiger partial charge in [-0.1, -0.05) is 32.5 Å². The molecule has 1 aromatic carbocycles. The molecule has 0 spiro atoms. The number of fused-ring (bicyclic) bond motifs is 2. The largest absolute Gasteiger partial charge is 0.494 e. The van der Waals surface area contributed by atoms with Crippen molar-refractivity contribution in [3.63, 3.8) is 0 Å². The summed E-state index contributed by atoms with van der Waals surface area (Å²) in [7, 11) is 0. The second-order valence-electron chi connectivity index (χ2n) is 8.55. The number of hydrogen-bond donors (Lipinski definition) is 1. The minimum absolute atomic E-state index is 0.216. The molecule has 5 heteroatoms. The van der Waals surface area contributed by atoms with Gasteiger partial charge in [-0.05, 0) is 68.7 Å². The first-order valence-corrected chi connectivity index (χ1v) is 10.7. The normalized spacial score (nSPS) is 30.5. The van der Waals surface area contributed by atoms with Crippen LogP contribution in [-0.4, -0.2) is 17.5 Å². The molecule has 1 aliphatic heterocycles. The topological polar surface area (TPSA) is 46.0 Å². The molecule has 3 aliphatic rings. The van der Waals surface area contributed by atoms with Gasteiger partial charge in [0.25, 0.3) is 0 Å². The van der Waals surface area contributed by atoms with E-state index >= 15 is 0 Å². The number of hydrogen-bond acceptors (Lipinski definition) is 5. The summed E-state index contributed by atoms with van der Waals surface area (Å²) >= 11 is 1.67. The van der Waals surface area contributed by atoms with Crippen molar-refractivity contribution >= 4 is 28.3 Å². The predicted octanol–water partition coefficient (Wildman–Crippen LogP) is 5.67. The molecular weight excluding hydrogens is 354 g/mol. The van der Waals surface area contributed by atoms with E-state index in [0.717, 1.165) is 34.5 Å². The summed E-state index contributed by atoms with van der Waals surface area (Å²) in [6.45, 7) is 12.0. The van der Waals surface area contributed by atoms with Crippen LogP contribution in [0.4, 0.5) is 0 Å². The average Bonchev–Trinajstić information content (AvgIpc) is 2.97. The van der Waals surface area contributed by atoms with E-state index in [-0.39, 0.29) is 5.41 Å². The number of aliphatic imine (C=N–C) groups is 1. The lowest BCUT2D eigenvalue weighted by Gasteiger charge is -2.34. The quantitative estimate of drug-likeness (QED) is 0.731. The minimum Gasteiger partial charge on any atom is -0.494 e. The van der Waals surface area contributed by atoms with Crippen LogP contribution in [0, 0.1) is 16.7 Å². The third-order valence-corrected chi connectivity index (χ3v) is 7.93. The monoisotopic (exact) mass is 383 g/mol. The molecule has 4 nitrogen and oxygen atoms in total. The summed E-state index contributed by atoms with van der Waals surface area (Å²) in [6, 6.07) is 8.15. The highest BCUT2D eigenvalue weighted by atomic mass is 32.2. The van der Waals surface area contributed by atoms with Crippen LogP contribution in [0.5, 0.6) is 5.75 Å². The van der Waals surface area contributed by atoms with Gasteiger partial charge in [-0.2, -0.15) is 0 Å². The van der Waals surface area contributed by atoms with E-state index in [1.165, 1.54) is 23.5 Å². The van der Waals surface area contributed by atoms with E-state index in [1.54, 1.807) is 11.8 Å². The molecule has 1 N–H and O–H groups in total. The first kappa shape index (κ1) is 18.6. The number of ether oxygens (including phenoxy) is 1. The third-order valence-electron chi connectivity index (χ3n) is 7.06. The molecule has 1 heterocycles. The second kappa shape index (κ2) is 6.69. The Balaban J connectivity index is 1.52. The maximum absolute atomic E-state index is 5.53. The Morgan fingerprint density at radius 1 is 1.26 bits per heavy atom. The van der Waals surface area contributed by atoms with E-state index < -0.39 is 0 Å². The Morgan fingerprint density at radius 3 is 2.56 bits per heavy atom. The molecule has 0 amide bonds. The Bertz CT molecular complexity index is 838. The molecule has 2 saturated carbocycles. The summed E-state index contributed by atoms with van der Waals surface area (Å²) in [5.74, 6) is 1.66. The highest BCUT2D eigenvalue weighted by Crippen LogP contribution is 2.64. The van der Waals surface area contributed by atoms with Gasteiger partial charge in [0.2, 0.25) is 5.17 Å². The average molecular weight is 384 g/mol. The Morgan fingerprint density at radius 2 is 2.00 bits per heavy atom. The second-order valence-corrected chi connectivity index (χ2v) is 9.73. The summed E-state index contributed by atoms with van der Waals surface area (Å²) in [4.78, 5) is 6.21. The first-order valence-electron chi connectivity index (χ1n) is 9.89. The molecule has 0 aromatic heterocycles. The highest BCUT2D eigenvalue weighted by molar-refractivity contribution is 8.17. The molecule has 2 bridgehead atoms. The van der Waals surface area contributed by atoms with Gasteiger partial charge in [0.1, 0.15) is 5.75 Å². The molecule has 144 valence electrons. The molecular formula is C22H29N3OS. The summed E-state index contributed by atoms with van der Waals surface area (Å²) in [5.41, 5.74) is 7.30. The zero-order chi connectivity index (χ0) is 19.2. The molecule has 1 aromatic rings. The van der Waals surface area contributed by atoms with Gasteiger partial charge in [0, 0.05) is 21.6 Å². The Kier molecular flexibility index (Phi) is 4.61. The number of thioether (sulfide) groups is 1. The van der Waals surface area contributed by atoms with Crippen LogP contribution in [0.15, 0.2) is 39.3 Å². The van der Waals surface area contributed by atoms with E-state index in [2.05, 4.69) is 50.4 Å². The van der Waals surface area contributed by atoms with Crippen molar-refractivity contribution < 1.29 is 4.74 Å². The van der Waals surface area contributed by atoms with Crippen molar-refractivity contribution in [3.8, 4) is 5.75 Å². The number of nitrogens with one attached hydrogen (secondary N) is 1. The summed E-state index contributed by atoms with van der Waals surface area (Å²) in [6.07, 6.45) is 3.71. The lowest BCUT2D eigenvalue weighted by molar-refractivity contribution is 0.194. The van der Waals surface area contributed by atoms with Gasteiger partial charge in [-0.25, -0.2) is 4.99 Å². The van der Waals surface area contributed by atoms with E-state index in [9.17, 15) is 0 Å². The number of allylic oxidation sites excluding steroid dienone is 1. The van der Waals surface area contributed by atoms with Crippen LogP contribution in [-0.2, 0) is 0 Å².